The van der Waals surface area contributed by atoms with Gasteiger partial charge in [0.05, 0.1) is 10.5 Å². The van der Waals surface area contributed by atoms with E-state index in [4.69, 9.17) is 0 Å². The number of thioether (sulfide) groups is 1. The average molecular weight is 376 g/mol. The summed E-state index contributed by atoms with van der Waals surface area (Å²) in [6.07, 6.45) is 0.860. The molecule has 1 amide bonds. The topological polar surface area (TPSA) is 138 Å². The number of fused-ring (bicyclic) bond motifs is 1. The van der Waals surface area contributed by atoms with Crippen molar-refractivity contribution in [1.29, 1.82) is 0 Å². The summed E-state index contributed by atoms with van der Waals surface area (Å²) in [7, 11) is 0. The molecule has 0 radical (unpaired) electrons. The maximum atomic E-state index is 12.6. The van der Waals surface area contributed by atoms with Crippen molar-refractivity contribution >= 4 is 29.2 Å². The molecule has 136 valence electrons. The third kappa shape index (κ3) is 3.40. The van der Waals surface area contributed by atoms with Gasteiger partial charge in [0.1, 0.15) is 5.82 Å². The van der Waals surface area contributed by atoms with Crippen molar-refractivity contribution in [3.63, 3.8) is 0 Å². The van der Waals surface area contributed by atoms with Gasteiger partial charge in [-0.25, -0.2) is 4.98 Å². The Hall–Kier alpha value is -2.88. The molecule has 1 atom stereocenters. The highest BCUT2D eigenvalue weighted by molar-refractivity contribution is 7.99. The molecule has 1 unspecified atom stereocenters. The summed E-state index contributed by atoms with van der Waals surface area (Å²) in [4.78, 5) is 42.0. The van der Waals surface area contributed by atoms with Crippen LogP contribution in [0, 0.1) is 10.1 Å². The highest BCUT2D eigenvalue weighted by Gasteiger charge is 2.32. The summed E-state index contributed by atoms with van der Waals surface area (Å²) >= 11 is 1.37. The van der Waals surface area contributed by atoms with E-state index in [1.807, 2.05) is 6.92 Å². The Kier molecular flexibility index (Phi) is 4.94. The lowest BCUT2D eigenvalue weighted by Crippen LogP contribution is -2.31. The predicted molar refractivity (Wildman–Crippen MR) is 95.7 cm³/mol. The van der Waals surface area contributed by atoms with Crippen molar-refractivity contribution in [1.82, 2.24) is 9.97 Å². The first-order valence-corrected chi connectivity index (χ1v) is 8.93. The summed E-state index contributed by atoms with van der Waals surface area (Å²) < 4.78 is 0. The minimum atomic E-state index is -0.713. The van der Waals surface area contributed by atoms with E-state index in [1.165, 1.54) is 30.0 Å². The number of amides is 1. The van der Waals surface area contributed by atoms with Gasteiger partial charge in [-0.05, 0) is 18.1 Å². The fraction of sp³-hybridized carbons (Fsp3) is 0.312. The van der Waals surface area contributed by atoms with Crippen molar-refractivity contribution in [3.05, 3.63) is 49.8 Å². The van der Waals surface area contributed by atoms with Crippen molar-refractivity contribution in [2.75, 3.05) is 11.1 Å². The molecule has 3 rings (SSSR count). The molecule has 9 nitrogen and oxygen atoms in total. The number of hydrogen-bond acceptors (Lipinski definition) is 7. The van der Waals surface area contributed by atoms with Crippen LogP contribution in [0.15, 0.2) is 28.2 Å². The van der Waals surface area contributed by atoms with E-state index >= 15 is 0 Å². The van der Waals surface area contributed by atoms with Crippen molar-refractivity contribution in [2.24, 2.45) is 0 Å². The van der Waals surface area contributed by atoms with Crippen LogP contribution >= 0.6 is 11.8 Å². The van der Waals surface area contributed by atoms with Crippen LogP contribution in [0.1, 0.15) is 36.8 Å². The number of aromatic amines is 1. The van der Waals surface area contributed by atoms with E-state index < -0.39 is 27.8 Å². The number of aromatic nitrogens is 2. The number of hydrogen-bond donors (Lipinski definition) is 3. The van der Waals surface area contributed by atoms with E-state index in [0.717, 1.165) is 12.2 Å². The largest absolute Gasteiger partial charge is 0.502 e. The van der Waals surface area contributed by atoms with Crippen molar-refractivity contribution < 1.29 is 14.8 Å². The number of nitrogens with zero attached hydrogens (tertiary/aromatic N) is 2. The molecule has 10 heteroatoms. The third-order valence-corrected chi connectivity index (χ3v) is 5.05. The van der Waals surface area contributed by atoms with Gasteiger partial charge in [-0.2, -0.15) is 0 Å². The van der Waals surface area contributed by atoms with Gasteiger partial charge in [0.25, 0.3) is 5.56 Å². The first-order chi connectivity index (χ1) is 12.4. The highest BCUT2D eigenvalue weighted by Crippen LogP contribution is 2.37. The van der Waals surface area contributed by atoms with Crippen LogP contribution in [0.5, 0.6) is 5.75 Å². The maximum Gasteiger partial charge on any atom is 0.310 e. The number of rotatable bonds is 5. The fourth-order valence-electron chi connectivity index (χ4n) is 2.81. The SMILES string of the molecule is CCCSc1nc2c(c(=O)[nH]1)C(c1ccc(O)c([N+](=O)[O-])c1)CC(=O)N2. The van der Waals surface area contributed by atoms with Gasteiger partial charge < -0.3 is 15.4 Å². The Morgan fingerprint density at radius 3 is 2.88 bits per heavy atom. The summed E-state index contributed by atoms with van der Waals surface area (Å²) in [5.41, 5.74) is -0.221. The van der Waals surface area contributed by atoms with Gasteiger partial charge in [0.15, 0.2) is 10.9 Å². The molecule has 0 saturated carbocycles. The average Bonchev–Trinajstić information content (AvgIpc) is 2.59. The summed E-state index contributed by atoms with van der Waals surface area (Å²) in [6, 6.07) is 3.84. The van der Waals surface area contributed by atoms with Gasteiger partial charge in [0.2, 0.25) is 5.91 Å². The maximum absolute atomic E-state index is 12.6. The molecule has 1 aliphatic rings. The number of nitro benzene ring substituents is 1. The molecule has 1 aromatic heterocycles. The first-order valence-electron chi connectivity index (χ1n) is 7.94. The summed E-state index contributed by atoms with van der Waals surface area (Å²) in [5.74, 6) is -0.548. The monoisotopic (exact) mass is 376 g/mol. The number of carbonyl (C=O) groups is 1. The number of nitrogens with one attached hydrogen (secondary N) is 2. The molecule has 2 aromatic rings. The zero-order chi connectivity index (χ0) is 18.8. The number of phenolic OH excluding ortho intramolecular Hbond substituents is 1. The Bertz CT molecular complexity index is 943. The van der Waals surface area contributed by atoms with Gasteiger partial charge in [-0.15, -0.1) is 0 Å². The van der Waals surface area contributed by atoms with Gasteiger partial charge in [-0.1, -0.05) is 24.8 Å². The van der Waals surface area contributed by atoms with Crippen LogP contribution in [-0.4, -0.2) is 31.7 Å². The molecular weight excluding hydrogens is 360 g/mol. The molecule has 2 heterocycles. The molecule has 1 aromatic carbocycles. The predicted octanol–water partition coefficient (Wildman–Crippen LogP) is 2.36. The number of H-pyrrole nitrogens is 1. The second kappa shape index (κ2) is 7.16. The highest BCUT2D eigenvalue weighted by atomic mass is 32.2. The molecule has 3 N–H and O–H groups in total. The molecule has 0 fully saturated rings. The number of nitro groups is 1. The van der Waals surface area contributed by atoms with Crippen LogP contribution in [0.25, 0.3) is 0 Å². The Balaban J connectivity index is 2.09. The van der Waals surface area contributed by atoms with E-state index in [0.29, 0.717) is 10.7 Å². The van der Waals surface area contributed by atoms with Crippen molar-refractivity contribution in [3.8, 4) is 5.75 Å². The van der Waals surface area contributed by atoms with Gasteiger partial charge >= 0.3 is 5.69 Å². The third-order valence-electron chi connectivity index (χ3n) is 3.97. The van der Waals surface area contributed by atoms with Crippen LogP contribution in [-0.2, 0) is 4.79 Å². The Morgan fingerprint density at radius 1 is 1.42 bits per heavy atom. The second-order valence-electron chi connectivity index (χ2n) is 5.79. The normalized spacial score (nSPS) is 16.0. The quantitative estimate of drug-likeness (QED) is 0.315. The van der Waals surface area contributed by atoms with E-state index in [9.17, 15) is 24.8 Å². The molecular formula is C16H16N4O5S. The summed E-state index contributed by atoms with van der Waals surface area (Å²) in [6.45, 7) is 2.00. The lowest BCUT2D eigenvalue weighted by atomic mass is 9.86. The molecule has 0 bridgehead atoms. The molecule has 0 saturated heterocycles. The lowest BCUT2D eigenvalue weighted by Gasteiger charge is -2.24. The minimum Gasteiger partial charge on any atom is -0.502 e. The summed E-state index contributed by atoms with van der Waals surface area (Å²) in [5, 5.41) is 23.7. The van der Waals surface area contributed by atoms with Crippen LogP contribution in [0.4, 0.5) is 11.5 Å². The minimum absolute atomic E-state index is 0.0405. The molecule has 0 aliphatic carbocycles. The van der Waals surface area contributed by atoms with Crippen LogP contribution in [0.3, 0.4) is 0 Å². The number of aromatic hydroxyl groups is 1. The molecule has 26 heavy (non-hydrogen) atoms. The number of benzene rings is 1. The van der Waals surface area contributed by atoms with Gasteiger partial charge in [-0.3, -0.25) is 19.7 Å². The van der Waals surface area contributed by atoms with E-state index in [1.54, 1.807) is 0 Å². The van der Waals surface area contributed by atoms with E-state index in [-0.39, 0.29) is 23.7 Å². The van der Waals surface area contributed by atoms with E-state index in [2.05, 4.69) is 15.3 Å². The van der Waals surface area contributed by atoms with Crippen LogP contribution < -0.4 is 10.9 Å². The zero-order valence-corrected chi connectivity index (χ0v) is 14.6. The van der Waals surface area contributed by atoms with Crippen LogP contribution in [0.2, 0.25) is 0 Å². The fourth-order valence-corrected chi connectivity index (χ4v) is 3.52. The standard InChI is InChI=1S/C16H16N4O5S/c1-2-5-26-16-18-14-13(15(23)19-16)9(7-12(22)17-14)8-3-4-11(21)10(6-8)20(24)25/h3-4,6,9,21H,2,5,7H2,1H3,(H2,17,18,19,22,23). The molecule has 0 spiro atoms. The second-order valence-corrected chi connectivity index (χ2v) is 6.88. The number of carbonyl (C=O) groups excluding carboxylic acids is 1. The van der Waals surface area contributed by atoms with Gasteiger partial charge in [0, 0.05) is 24.2 Å². The molecule has 1 aliphatic heterocycles. The number of phenols is 1. The zero-order valence-electron chi connectivity index (χ0n) is 13.8. The first kappa shape index (κ1) is 17.9. The Morgan fingerprint density at radius 2 is 2.19 bits per heavy atom. The smallest absolute Gasteiger partial charge is 0.310 e. The van der Waals surface area contributed by atoms with Crippen molar-refractivity contribution in [2.45, 2.75) is 30.8 Å². The number of anilines is 1. The Labute approximate surface area is 152 Å². The lowest BCUT2D eigenvalue weighted by molar-refractivity contribution is -0.385.